The zero-order chi connectivity index (χ0) is 20.2. The molecule has 4 aromatic rings. The molecule has 4 rings (SSSR count). The van der Waals surface area contributed by atoms with E-state index in [1.54, 1.807) is 7.11 Å². The Kier molecular flexibility index (Phi) is 5.29. The molecule has 2 heterocycles. The summed E-state index contributed by atoms with van der Waals surface area (Å²) in [6, 6.07) is 15.1. The number of nitrogens with zero attached hydrogens (tertiary/aromatic N) is 3. The summed E-state index contributed by atoms with van der Waals surface area (Å²) in [5, 5.41) is 5.04. The molecule has 2 aromatic carbocycles. The van der Waals surface area contributed by atoms with Gasteiger partial charge in [-0.3, -0.25) is 0 Å². The monoisotopic (exact) mass is 391 g/mol. The van der Waals surface area contributed by atoms with Crippen molar-refractivity contribution >= 4 is 10.9 Å². The quantitative estimate of drug-likeness (QED) is 0.449. The van der Waals surface area contributed by atoms with Crippen molar-refractivity contribution in [1.29, 1.82) is 0 Å². The van der Waals surface area contributed by atoms with Gasteiger partial charge in [-0.1, -0.05) is 5.16 Å². The van der Waals surface area contributed by atoms with Crippen LogP contribution in [0.2, 0.25) is 0 Å². The van der Waals surface area contributed by atoms with Crippen molar-refractivity contribution in [3.8, 4) is 40.2 Å². The topological polar surface area (TPSA) is 79.5 Å². The molecule has 0 aliphatic rings. The molecule has 0 spiro atoms. The van der Waals surface area contributed by atoms with Crippen LogP contribution in [0.25, 0.3) is 33.7 Å². The molecule has 0 amide bonds. The van der Waals surface area contributed by atoms with E-state index in [1.165, 1.54) is 0 Å². The van der Waals surface area contributed by atoms with E-state index in [0.717, 1.165) is 28.0 Å². The normalized spacial score (nSPS) is 10.9. The summed E-state index contributed by atoms with van der Waals surface area (Å²) in [6.07, 6.45) is 0. The Morgan fingerprint density at radius 2 is 1.62 bits per heavy atom. The predicted octanol–water partition coefficient (Wildman–Crippen LogP) is 4.76. The lowest BCUT2D eigenvalue weighted by molar-refractivity contribution is 0.329. The number of hydrogen-bond donors (Lipinski definition) is 0. The Morgan fingerprint density at radius 1 is 0.862 bits per heavy atom. The number of ether oxygens (including phenoxy) is 3. The van der Waals surface area contributed by atoms with Gasteiger partial charge in [0.05, 0.1) is 31.4 Å². The Hall–Kier alpha value is -3.61. The average Bonchev–Trinajstić information content (AvgIpc) is 3.24. The van der Waals surface area contributed by atoms with Gasteiger partial charge in [0.1, 0.15) is 11.5 Å². The first-order valence-corrected chi connectivity index (χ1v) is 9.40. The van der Waals surface area contributed by atoms with Crippen molar-refractivity contribution in [3.05, 3.63) is 48.5 Å². The Balaban J connectivity index is 1.74. The van der Waals surface area contributed by atoms with Crippen molar-refractivity contribution in [2.75, 3.05) is 20.3 Å². The number of hydrogen-bond acceptors (Lipinski definition) is 7. The molecular formula is C22H21N3O4. The van der Waals surface area contributed by atoms with Crippen molar-refractivity contribution in [3.63, 3.8) is 0 Å². The first-order chi connectivity index (χ1) is 14.2. The van der Waals surface area contributed by atoms with Gasteiger partial charge < -0.3 is 18.7 Å². The molecule has 0 saturated carbocycles. The highest BCUT2D eigenvalue weighted by atomic mass is 16.5. The predicted molar refractivity (Wildman–Crippen MR) is 109 cm³/mol. The van der Waals surface area contributed by atoms with Crippen molar-refractivity contribution in [1.82, 2.24) is 15.1 Å². The molecule has 0 unspecified atom stereocenters. The summed E-state index contributed by atoms with van der Waals surface area (Å²) >= 11 is 0. The summed E-state index contributed by atoms with van der Waals surface area (Å²) in [5.41, 5.74) is 2.27. The zero-order valence-corrected chi connectivity index (χ0v) is 16.5. The van der Waals surface area contributed by atoms with Crippen LogP contribution in [0.15, 0.2) is 53.1 Å². The number of fused-ring (bicyclic) bond motifs is 1. The van der Waals surface area contributed by atoms with Gasteiger partial charge in [-0.2, -0.15) is 4.98 Å². The van der Waals surface area contributed by atoms with E-state index in [2.05, 4.69) is 15.1 Å². The molecule has 0 fully saturated rings. The maximum absolute atomic E-state index is 5.73. The molecular weight excluding hydrogens is 370 g/mol. The summed E-state index contributed by atoms with van der Waals surface area (Å²) in [6.45, 7) is 4.95. The second kappa shape index (κ2) is 8.18. The maximum atomic E-state index is 5.73. The minimum atomic E-state index is 0.412. The fourth-order valence-electron chi connectivity index (χ4n) is 2.98. The van der Waals surface area contributed by atoms with E-state index in [4.69, 9.17) is 18.7 Å². The third kappa shape index (κ3) is 3.85. The van der Waals surface area contributed by atoms with Crippen LogP contribution in [-0.4, -0.2) is 35.4 Å². The molecule has 2 aromatic heterocycles. The Bertz CT molecular complexity index is 1120. The van der Waals surface area contributed by atoms with E-state index in [1.807, 2.05) is 62.4 Å². The van der Waals surface area contributed by atoms with Crippen molar-refractivity contribution in [2.45, 2.75) is 13.8 Å². The highest BCUT2D eigenvalue weighted by molar-refractivity contribution is 5.86. The second-order valence-corrected chi connectivity index (χ2v) is 6.21. The highest BCUT2D eigenvalue weighted by Gasteiger charge is 2.17. The fraction of sp³-hybridized carbons (Fsp3) is 0.227. The Morgan fingerprint density at radius 3 is 2.34 bits per heavy atom. The molecule has 148 valence electrons. The minimum Gasteiger partial charge on any atom is -0.497 e. The zero-order valence-electron chi connectivity index (χ0n) is 16.5. The van der Waals surface area contributed by atoms with Crippen LogP contribution in [0.1, 0.15) is 13.8 Å². The fourth-order valence-corrected chi connectivity index (χ4v) is 2.98. The molecule has 0 saturated heterocycles. The summed E-state index contributed by atoms with van der Waals surface area (Å²) in [5.74, 6) is 2.83. The van der Waals surface area contributed by atoms with E-state index in [9.17, 15) is 0 Å². The van der Waals surface area contributed by atoms with Gasteiger partial charge in [0.15, 0.2) is 0 Å². The lowest BCUT2D eigenvalue weighted by atomic mass is 10.1. The van der Waals surface area contributed by atoms with Gasteiger partial charge in [0, 0.05) is 10.9 Å². The summed E-state index contributed by atoms with van der Waals surface area (Å²) < 4.78 is 22.0. The van der Waals surface area contributed by atoms with Gasteiger partial charge in [-0.25, -0.2) is 4.98 Å². The van der Waals surface area contributed by atoms with Crippen molar-refractivity contribution in [2.24, 2.45) is 0 Å². The number of pyridine rings is 1. The lowest BCUT2D eigenvalue weighted by Gasteiger charge is -2.09. The van der Waals surface area contributed by atoms with Gasteiger partial charge in [0.25, 0.3) is 5.89 Å². The van der Waals surface area contributed by atoms with E-state index < -0.39 is 0 Å². The third-order valence-corrected chi connectivity index (χ3v) is 4.35. The van der Waals surface area contributed by atoms with Crippen LogP contribution in [0, 0.1) is 0 Å². The second-order valence-electron chi connectivity index (χ2n) is 6.21. The molecule has 29 heavy (non-hydrogen) atoms. The number of rotatable bonds is 7. The van der Waals surface area contributed by atoms with Crippen LogP contribution in [0.5, 0.6) is 17.4 Å². The largest absolute Gasteiger partial charge is 0.497 e. The number of aromatic nitrogens is 3. The smallest absolute Gasteiger partial charge is 0.258 e. The van der Waals surface area contributed by atoms with E-state index in [-0.39, 0.29) is 0 Å². The third-order valence-electron chi connectivity index (χ3n) is 4.35. The number of methoxy groups -OCH3 is 1. The average molecular weight is 391 g/mol. The Labute approximate surface area is 168 Å². The van der Waals surface area contributed by atoms with Gasteiger partial charge in [-0.15, -0.1) is 0 Å². The molecule has 0 bridgehead atoms. The molecule has 0 atom stereocenters. The standard InChI is InChI=1S/C22H21N3O4/c1-4-27-16-8-6-14(7-9-16)21-24-20(25-29-21)18-13-15-12-17(26-3)10-11-19(15)23-22(18)28-5-2/h6-13H,4-5H2,1-3H3. The number of benzene rings is 2. The maximum Gasteiger partial charge on any atom is 0.258 e. The molecule has 0 N–H and O–H groups in total. The lowest BCUT2D eigenvalue weighted by Crippen LogP contribution is -1.98. The summed E-state index contributed by atoms with van der Waals surface area (Å²) in [4.78, 5) is 9.16. The highest BCUT2D eigenvalue weighted by Crippen LogP contribution is 2.33. The van der Waals surface area contributed by atoms with Crippen LogP contribution in [0.3, 0.4) is 0 Å². The van der Waals surface area contributed by atoms with Gasteiger partial charge >= 0.3 is 0 Å². The van der Waals surface area contributed by atoms with Crippen LogP contribution < -0.4 is 14.2 Å². The van der Waals surface area contributed by atoms with Gasteiger partial charge in [0.2, 0.25) is 11.7 Å². The summed E-state index contributed by atoms with van der Waals surface area (Å²) in [7, 11) is 1.63. The first kappa shape index (κ1) is 18.7. The molecule has 0 aliphatic heterocycles. The molecule has 7 nitrogen and oxygen atoms in total. The van der Waals surface area contributed by atoms with E-state index in [0.29, 0.717) is 36.4 Å². The van der Waals surface area contributed by atoms with E-state index >= 15 is 0 Å². The van der Waals surface area contributed by atoms with Gasteiger partial charge in [-0.05, 0) is 62.4 Å². The molecule has 0 aliphatic carbocycles. The molecule has 7 heteroatoms. The SMILES string of the molecule is CCOc1ccc(-c2nc(-c3cc4cc(OC)ccc4nc3OCC)no2)cc1. The minimum absolute atomic E-state index is 0.412. The van der Waals surface area contributed by atoms with Crippen LogP contribution in [-0.2, 0) is 0 Å². The first-order valence-electron chi connectivity index (χ1n) is 9.40. The van der Waals surface area contributed by atoms with Crippen molar-refractivity contribution < 1.29 is 18.7 Å². The van der Waals surface area contributed by atoms with Crippen LogP contribution >= 0.6 is 0 Å². The molecule has 0 radical (unpaired) electrons. The van der Waals surface area contributed by atoms with Crippen LogP contribution in [0.4, 0.5) is 0 Å².